The Kier molecular flexibility index (Phi) is 10.1. The SMILES string of the molecule is [C-]#[N+]CCSC1=C(SCC[N+]#[C-])SC(=C2SC(C(=O)OC)=C(C(=O)OC)S2)S1. The maximum atomic E-state index is 12.0. The maximum Gasteiger partial charge on any atom is 0.346 e. The minimum atomic E-state index is -0.562. The van der Waals surface area contributed by atoms with Gasteiger partial charge in [-0.1, -0.05) is 47.0 Å². The van der Waals surface area contributed by atoms with E-state index < -0.39 is 11.9 Å². The van der Waals surface area contributed by atoms with Crippen molar-refractivity contribution in [2.75, 3.05) is 38.8 Å². The lowest BCUT2D eigenvalue weighted by atomic mass is 10.5. The molecule has 0 aromatic rings. The van der Waals surface area contributed by atoms with Gasteiger partial charge in [-0.2, -0.15) is 0 Å². The summed E-state index contributed by atoms with van der Waals surface area (Å²) in [6.07, 6.45) is 0. The van der Waals surface area contributed by atoms with Crippen LogP contribution in [0.3, 0.4) is 0 Å². The molecule has 28 heavy (non-hydrogen) atoms. The summed E-state index contributed by atoms with van der Waals surface area (Å²) < 4.78 is 13.6. The van der Waals surface area contributed by atoms with E-state index in [-0.39, 0.29) is 9.81 Å². The van der Waals surface area contributed by atoms with E-state index in [4.69, 9.17) is 22.6 Å². The van der Waals surface area contributed by atoms with E-state index in [2.05, 4.69) is 9.69 Å². The average Bonchev–Trinajstić information content (AvgIpc) is 3.32. The van der Waals surface area contributed by atoms with Gasteiger partial charge in [0.05, 0.1) is 42.7 Å². The molecule has 0 saturated carbocycles. The number of thioether (sulfide) groups is 6. The summed E-state index contributed by atoms with van der Waals surface area (Å²) in [6.45, 7) is 14.8. The lowest BCUT2D eigenvalue weighted by Crippen LogP contribution is -2.08. The van der Waals surface area contributed by atoms with Crippen LogP contribution in [0.15, 0.2) is 26.8 Å². The first-order valence-electron chi connectivity index (χ1n) is 7.58. The Morgan fingerprint density at radius 1 is 0.821 bits per heavy atom. The quantitative estimate of drug-likeness (QED) is 0.262. The Balaban J connectivity index is 2.20. The van der Waals surface area contributed by atoms with Crippen LogP contribution in [0.5, 0.6) is 0 Å². The van der Waals surface area contributed by atoms with E-state index in [1.807, 2.05) is 0 Å². The van der Waals surface area contributed by atoms with Crippen LogP contribution in [0.4, 0.5) is 0 Å². The van der Waals surface area contributed by atoms with Crippen LogP contribution >= 0.6 is 70.6 Å². The monoisotopic (exact) mass is 490 g/mol. The molecule has 2 aliphatic heterocycles. The van der Waals surface area contributed by atoms with E-state index in [0.717, 1.165) is 16.9 Å². The Bertz CT molecular complexity index is 773. The van der Waals surface area contributed by atoms with E-state index in [0.29, 0.717) is 24.6 Å². The van der Waals surface area contributed by atoms with Crippen LogP contribution in [0.25, 0.3) is 9.69 Å². The summed E-state index contributed by atoms with van der Waals surface area (Å²) in [7, 11) is 2.55. The number of rotatable bonds is 8. The Morgan fingerprint density at radius 2 is 1.21 bits per heavy atom. The third-order valence-corrected chi connectivity index (χ3v) is 11.5. The molecule has 0 fully saturated rings. The van der Waals surface area contributed by atoms with Gasteiger partial charge in [0.25, 0.3) is 0 Å². The van der Waals surface area contributed by atoms with Crippen molar-refractivity contribution in [2.45, 2.75) is 0 Å². The first-order chi connectivity index (χ1) is 13.5. The maximum absolute atomic E-state index is 12.0. The molecule has 148 valence electrons. The van der Waals surface area contributed by atoms with E-state index in [1.54, 1.807) is 47.0 Å². The van der Waals surface area contributed by atoms with E-state index >= 15 is 0 Å². The van der Waals surface area contributed by atoms with Crippen molar-refractivity contribution in [3.05, 3.63) is 49.6 Å². The molecule has 0 saturated heterocycles. The second-order valence-electron chi connectivity index (χ2n) is 4.66. The molecule has 6 nitrogen and oxygen atoms in total. The first-order valence-corrected chi connectivity index (χ1v) is 12.8. The number of hydrogen-bond acceptors (Lipinski definition) is 10. The number of methoxy groups -OCH3 is 2. The molecule has 0 spiro atoms. The first kappa shape index (κ1) is 23.5. The van der Waals surface area contributed by atoms with Crippen LogP contribution in [-0.4, -0.2) is 50.8 Å². The van der Waals surface area contributed by atoms with Gasteiger partial charge in [-0.25, -0.2) is 22.7 Å². The highest BCUT2D eigenvalue weighted by molar-refractivity contribution is 8.42. The van der Waals surface area contributed by atoms with Gasteiger partial charge in [-0.3, -0.25) is 0 Å². The summed E-state index contributed by atoms with van der Waals surface area (Å²) in [6, 6.07) is 0. The molecule has 2 rings (SSSR count). The number of nitrogens with zero attached hydrogens (tertiary/aromatic N) is 2. The van der Waals surface area contributed by atoms with Gasteiger partial charge in [-0.05, 0) is 0 Å². The molecular formula is C16H14N2O4S6. The predicted molar refractivity (Wildman–Crippen MR) is 123 cm³/mol. The van der Waals surface area contributed by atoms with Crippen LogP contribution in [0.2, 0.25) is 0 Å². The topological polar surface area (TPSA) is 61.3 Å². The Morgan fingerprint density at radius 3 is 1.57 bits per heavy atom. The Labute approximate surface area is 189 Å². The number of hydrogen-bond donors (Lipinski definition) is 0. The molecule has 2 heterocycles. The lowest BCUT2D eigenvalue weighted by Gasteiger charge is -2.02. The number of carbonyl (C=O) groups excluding carboxylic acids is 2. The van der Waals surface area contributed by atoms with Crippen LogP contribution in [-0.2, 0) is 19.1 Å². The van der Waals surface area contributed by atoms with Crippen molar-refractivity contribution in [2.24, 2.45) is 0 Å². The minimum Gasteiger partial charge on any atom is -0.465 e. The van der Waals surface area contributed by atoms with Gasteiger partial charge in [0.15, 0.2) is 0 Å². The Hall–Kier alpha value is -0.760. The van der Waals surface area contributed by atoms with Crippen molar-refractivity contribution in [3.63, 3.8) is 0 Å². The van der Waals surface area contributed by atoms with Crippen LogP contribution in [0, 0.1) is 13.1 Å². The lowest BCUT2D eigenvalue weighted by molar-refractivity contribution is -0.138. The summed E-state index contributed by atoms with van der Waals surface area (Å²) >= 11 is 8.83. The molecule has 12 heteroatoms. The van der Waals surface area contributed by atoms with Gasteiger partial charge in [-0.15, -0.1) is 23.5 Å². The zero-order valence-electron chi connectivity index (χ0n) is 14.8. The third kappa shape index (κ3) is 6.12. The fraction of sp³-hybridized carbons (Fsp3) is 0.375. The molecule has 0 aromatic carbocycles. The molecule has 0 unspecified atom stereocenters. The number of carbonyl (C=O) groups is 2. The number of esters is 2. The number of ether oxygens (including phenoxy) is 2. The van der Waals surface area contributed by atoms with E-state index in [1.165, 1.54) is 37.7 Å². The van der Waals surface area contributed by atoms with Gasteiger partial charge >= 0.3 is 11.9 Å². The van der Waals surface area contributed by atoms with Gasteiger partial charge in [0.1, 0.15) is 9.81 Å². The predicted octanol–water partition coefficient (Wildman–Crippen LogP) is 5.06. The second kappa shape index (κ2) is 12.1. The fourth-order valence-electron chi connectivity index (χ4n) is 1.74. The normalized spacial score (nSPS) is 16.3. The standard InChI is InChI=1S/C16H14N2O4S6/c1-17-5-7-23-13-14(24-8-6-18-2)28-16(27-13)15-25-9(11(19)21-3)10(26-15)12(20)22-4/h5-8H2,3-4H3. The van der Waals surface area contributed by atoms with Gasteiger partial charge in [0.2, 0.25) is 13.1 Å². The van der Waals surface area contributed by atoms with Crippen molar-refractivity contribution in [1.29, 1.82) is 0 Å². The molecular weight excluding hydrogens is 477 g/mol. The van der Waals surface area contributed by atoms with Crippen LogP contribution in [0.1, 0.15) is 0 Å². The summed E-state index contributed by atoms with van der Waals surface area (Å²) in [5.74, 6) is 0.267. The summed E-state index contributed by atoms with van der Waals surface area (Å²) in [5.41, 5.74) is 0. The van der Waals surface area contributed by atoms with Crippen molar-refractivity contribution in [1.82, 2.24) is 0 Å². The molecule has 0 amide bonds. The third-order valence-electron chi connectivity index (χ3n) is 2.91. The minimum absolute atomic E-state index is 0.236. The molecule has 0 atom stereocenters. The smallest absolute Gasteiger partial charge is 0.346 e. The fourth-order valence-corrected chi connectivity index (χ4v) is 10.2. The molecule has 0 bridgehead atoms. The van der Waals surface area contributed by atoms with Crippen LogP contribution < -0.4 is 0 Å². The highest BCUT2D eigenvalue weighted by Gasteiger charge is 2.36. The molecule has 0 aromatic heterocycles. The van der Waals surface area contributed by atoms with Crippen molar-refractivity contribution < 1.29 is 19.1 Å². The van der Waals surface area contributed by atoms with Crippen molar-refractivity contribution >= 4 is 82.5 Å². The van der Waals surface area contributed by atoms with Gasteiger partial charge < -0.3 is 19.2 Å². The zero-order valence-corrected chi connectivity index (χ0v) is 19.7. The van der Waals surface area contributed by atoms with Gasteiger partial charge in [0, 0.05) is 0 Å². The average molecular weight is 491 g/mol. The van der Waals surface area contributed by atoms with E-state index in [9.17, 15) is 9.59 Å². The zero-order chi connectivity index (χ0) is 20.5. The molecule has 0 N–H and O–H groups in total. The largest absolute Gasteiger partial charge is 0.465 e. The summed E-state index contributed by atoms with van der Waals surface area (Å²) in [5, 5.41) is 0. The summed E-state index contributed by atoms with van der Waals surface area (Å²) in [4.78, 5) is 31.3. The molecule has 2 aliphatic rings. The second-order valence-corrected chi connectivity index (χ2v) is 12.0. The highest BCUT2D eigenvalue weighted by Crippen LogP contribution is 2.63. The molecule has 0 aliphatic carbocycles. The molecule has 0 radical (unpaired) electrons. The highest BCUT2D eigenvalue weighted by atomic mass is 32.3. The van der Waals surface area contributed by atoms with Crippen molar-refractivity contribution in [3.8, 4) is 0 Å².